The molecule has 8 nitrogen and oxygen atoms in total. The highest BCUT2D eigenvalue weighted by Gasteiger charge is 2.56. The van der Waals surface area contributed by atoms with Gasteiger partial charge in [-0.15, -0.1) is 11.3 Å². The predicted molar refractivity (Wildman–Crippen MR) is 133 cm³/mol. The van der Waals surface area contributed by atoms with Crippen molar-refractivity contribution in [2.45, 2.75) is 50.9 Å². The molecule has 2 saturated heterocycles. The molecule has 0 radical (unpaired) electrons. The highest BCUT2D eigenvalue weighted by molar-refractivity contribution is 7.09. The second-order valence-electron chi connectivity index (χ2n) is 9.98. The number of thiazole rings is 1. The number of aliphatic hydroxyl groups is 1. The van der Waals surface area contributed by atoms with E-state index in [1.54, 1.807) is 17.5 Å². The standard InChI is InChI=1S/C26H32N4O4S/c31-16-19-21-14-30-20(7-6-18(25(30)32)17-4-2-1-3-5-17)24(29(21)15-22-27-8-13-35-22)23(19)26(33)28-9-11-34-12-10-28/h4,6-8,13,19,21,23-24,31H,1-3,5,9-12,14-16H2/t19-,21-,23+,24+/m1/s1. The minimum absolute atomic E-state index is 0.0377. The zero-order valence-electron chi connectivity index (χ0n) is 19.8. The van der Waals surface area contributed by atoms with Gasteiger partial charge in [0.05, 0.1) is 31.7 Å². The van der Waals surface area contributed by atoms with E-state index in [0.29, 0.717) is 39.4 Å². The maximum absolute atomic E-state index is 13.9. The number of amides is 1. The number of hydrogen-bond acceptors (Lipinski definition) is 7. The van der Waals surface area contributed by atoms with Crippen molar-refractivity contribution in [3.8, 4) is 0 Å². The van der Waals surface area contributed by atoms with Crippen molar-refractivity contribution in [1.82, 2.24) is 19.4 Å². The van der Waals surface area contributed by atoms with E-state index in [4.69, 9.17) is 4.74 Å². The molecule has 6 rings (SSSR count). The van der Waals surface area contributed by atoms with Gasteiger partial charge in [-0.2, -0.15) is 0 Å². The van der Waals surface area contributed by atoms with Gasteiger partial charge in [-0.25, -0.2) is 4.98 Å². The number of nitrogens with zero attached hydrogens (tertiary/aromatic N) is 4. The maximum Gasteiger partial charge on any atom is 0.258 e. The van der Waals surface area contributed by atoms with Crippen LogP contribution in [0.3, 0.4) is 0 Å². The molecule has 0 spiro atoms. The van der Waals surface area contributed by atoms with Crippen LogP contribution in [0.2, 0.25) is 0 Å². The Balaban J connectivity index is 1.43. The molecular formula is C26H32N4O4S. The third kappa shape index (κ3) is 3.98. The minimum atomic E-state index is -0.407. The van der Waals surface area contributed by atoms with Crippen molar-refractivity contribution in [3.63, 3.8) is 0 Å². The number of carbonyl (C=O) groups is 1. The van der Waals surface area contributed by atoms with E-state index in [1.165, 1.54) is 6.42 Å². The summed E-state index contributed by atoms with van der Waals surface area (Å²) in [5.41, 5.74) is 2.85. The maximum atomic E-state index is 13.9. The number of aromatic nitrogens is 2. The van der Waals surface area contributed by atoms with Gasteiger partial charge in [-0.1, -0.05) is 6.08 Å². The van der Waals surface area contributed by atoms with Crippen LogP contribution in [0.15, 0.2) is 34.6 Å². The lowest BCUT2D eigenvalue weighted by Gasteiger charge is -2.38. The van der Waals surface area contributed by atoms with Crippen LogP contribution in [0.1, 0.15) is 48.0 Å². The summed E-state index contributed by atoms with van der Waals surface area (Å²) in [5.74, 6) is -0.591. The third-order valence-corrected chi connectivity index (χ3v) is 8.98. The molecule has 1 amide bonds. The summed E-state index contributed by atoms with van der Waals surface area (Å²) < 4.78 is 7.37. The minimum Gasteiger partial charge on any atom is -0.396 e. The molecule has 186 valence electrons. The van der Waals surface area contributed by atoms with Gasteiger partial charge in [-0.05, 0) is 43.4 Å². The Kier molecular flexibility index (Phi) is 6.34. The number of carbonyl (C=O) groups excluding carboxylic acids is 1. The summed E-state index contributed by atoms with van der Waals surface area (Å²) in [7, 11) is 0. The van der Waals surface area contributed by atoms with E-state index in [0.717, 1.165) is 41.1 Å². The molecule has 2 aromatic rings. The zero-order chi connectivity index (χ0) is 23.9. The van der Waals surface area contributed by atoms with Gasteiger partial charge in [-0.3, -0.25) is 14.5 Å². The third-order valence-electron chi connectivity index (χ3n) is 8.22. The Morgan fingerprint density at radius 1 is 1.23 bits per heavy atom. The summed E-state index contributed by atoms with van der Waals surface area (Å²) in [4.78, 5) is 36.3. The van der Waals surface area contributed by atoms with Gasteiger partial charge < -0.3 is 19.3 Å². The van der Waals surface area contributed by atoms with Crippen LogP contribution in [0.4, 0.5) is 0 Å². The molecular weight excluding hydrogens is 464 g/mol. The second kappa shape index (κ2) is 9.61. The molecule has 1 aliphatic carbocycles. The number of allylic oxidation sites excluding steroid dienone is 2. The first-order valence-corrected chi connectivity index (χ1v) is 13.6. The summed E-state index contributed by atoms with van der Waals surface area (Å²) in [5, 5.41) is 13.5. The molecule has 5 heterocycles. The van der Waals surface area contributed by atoms with E-state index in [9.17, 15) is 14.7 Å². The Morgan fingerprint density at radius 2 is 2.09 bits per heavy atom. The SMILES string of the molecule is O=C([C@H]1[C@H](CO)[C@H]2Cn3c(ccc(C4=CCCCC4)c3=O)[C@@H]1N2Cc1nccs1)N1CCOCC1. The monoisotopic (exact) mass is 496 g/mol. The van der Waals surface area contributed by atoms with Crippen molar-refractivity contribution in [2.75, 3.05) is 32.9 Å². The fourth-order valence-corrected chi connectivity index (χ4v) is 7.15. The lowest BCUT2D eigenvalue weighted by atomic mass is 9.86. The number of fused-ring (bicyclic) bond motifs is 4. The quantitative estimate of drug-likeness (QED) is 0.684. The molecule has 35 heavy (non-hydrogen) atoms. The number of ether oxygens (including phenoxy) is 1. The topological polar surface area (TPSA) is 87.9 Å². The Morgan fingerprint density at radius 3 is 2.80 bits per heavy atom. The molecule has 0 saturated carbocycles. The fraction of sp³-hybridized carbons (Fsp3) is 0.577. The molecule has 0 aromatic carbocycles. The van der Waals surface area contributed by atoms with Crippen molar-refractivity contribution in [1.29, 1.82) is 0 Å². The average molecular weight is 497 g/mol. The Bertz CT molecular complexity index is 1170. The zero-order valence-corrected chi connectivity index (χ0v) is 20.7. The molecule has 2 fully saturated rings. The number of morpholine rings is 1. The number of hydrogen-bond donors (Lipinski definition) is 1. The number of aliphatic hydroxyl groups excluding tert-OH is 1. The first-order valence-electron chi connectivity index (χ1n) is 12.7. The van der Waals surface area contributed by atoms with Gasteiger partial charge in [0.2, 0.25) is 5.91 Å². The van der Waals surface area contributed by atoms with Crippen molar-refractivity contribution >= 4 is 22.8 Å². The van der Waals surface area contributed by atoms with Crippen molar-refractivity contribution in [2.24, 2.45) is 11.8 Å². The first kappa shape index (κ1) is 23.1. The molecule has 4 aliphatic rings. The Hall–Kier alpha value is -2.33. The van der Waals surface area contributed by atoms with Crippen LogP contribution in [0.25, 0.3) is 5.57 Å². The summed E-state index contributed by atoms with van der Waals surface area (Å²) in [6, 6.07) is 3.65. The number of rotatable bonds is 5. The predicted octanol–water partition coefficient (Wildman–Crippen LogP) is 2.28. The summed E-state index contributed by atoms with van der Waals surface area (Å²) >= 11 is 1.60. The van der Waals surface area contributed by atoms with Crippen molar-refractivity contribution in [3.05, 3.63) is 56.4 Å². The van der Waals surface area contributed by atoms with E-state index >= 15 is 0 Å². The summed E-state index contributed by atoms with van der Waals surface area (Å²) in [6.45, 7) is 3.21. The van der Waals surface area contributed by atoms with Gasteiger partial charge in [0.15, 0.2) is 0 Å². The van der Waals surface area contributed by atoms with Gasteiger partial charge in [0.25, 0.3) is 5.56 Å². The molecule has 0 unspecified atom stereocenters. The molecule has 2 aromatic heterocycles. The lowest BCUT2D eigenvalue weighted by molar-refractivity contribution is -0.142. The molecule has 1 N–H and O–H groups in total. The number of pyridine rings is 1. The van der Waals surface area contributed by atoms with Crippen LogP contribution < -0.4 is 5.56 Å². The summed E-state index contributed by atoms with van der Waals surface area (Å²) in [6.07, 6.45) is 8.26. The van der Waals surface area contributed by atoms with Crippen LogP contribution >= 0.6 is 11.3 Å². The highest BCUT2D eigenvalue weighted by atomic mass is 32.1. The molecule has 4 atom stereocenters. The first-order chi connectivity index (χ1) is 17.2. The lowest BCUT2D eigenvalue weighted by Crippen LogP contribution is -2.47. The fourth-order valence-electron chi connectivity index (χ4n) is 6.53. The van der Waals surface area contributed by atoms with Crippen LogP contribution in [-0.4, -0.2) is 69.3 Å². The Labute approximate surface area is 208 Å². The molecule has 3 aliphatic heterocycles. The van der Waals surface area contributed by atoms with E-state index in [1.807, 2.05) is 20.9 Å². The van der Waals surface area contributed by atoms with E-state index < -0.39 is 5.92 Å². The van der Waals surface area contributed by atoms with Gasteiger partial charge in [0, 0.05) is 61.0 Å². The largest absolute Gasteiger partial charge is 0.396 e. The molecule has 9 heteroatoms. The van der Waals surface area contributed by atoms with E-state index in [2.05, 4.69) is 22.0 Å². The van der Waals surface area contributed by atoms with Crippen LogP contribution in [0.5, 0.6) is 0 Å². The average Bonchev–Trinajstić information content (AvgIpc) is 3.48. The van der Waals surface area contributed by atoms with Crippen molar-refractivity contribution < 1.29 is 14.6 Å². The van der Waals surface area contributed by atoms with Gasteiger partial charge >= 0.3 is 0 Å². The van der Waals surface area contributed by atoms with Crippen LogP contribution in [-0.2, 0) is 22.6 Å². The smallest absolute Gasteiger partial charge is 0.258 e. The van der Waals surface area contributed by atoms with Crippen LogP contribution in [0, 0.1) is 11.8 Å². The van der Waals surface area contributed by atoms with E-state index in [-0.39, 0.29) is 36.1 Å². The molecule has 2 bridgehead atoms. The van der Waals surface area contributed by atoms with Gasteiger partial charge in [0.1, 0.15) is 5.01 Å². The highest BCUT2D eigenvalue weighted by Crippen LogP contribution is 2.49. The normalized spacial score (nSPS) is 28.6. The second-order valence-corrected chi connectivity index (χ2v) is 11.0.